The predicted octanol–water partition coefficient (Wildman–Crippen LogP) is 1.57. The second-order valence-electron chi connectivity index (χ2n) is 3.25. The van der Waals surface area contributed by atoms with Gasteiger partial charge in [0.15, 0.2) is 0 Å². The Morgan fingerprint density at radius 2 is 2.24 bits per heavy atom. The molecule has 0 aromatic carbocycles. The number of nitrogens with two attached hydrogens (primary N) is 1. The van der Waals surface area contributed by atoms with E-state index in [0.717, 1.165) is 10.7 Å². The molecule has 3 N–H and O–H groups in total. The van der Waals surface area contributed by atoms with Gasteiger partial charge in [0.05, 0.1) is 11.3 Å². The molecule has 6 heteroatoms. The number of nitrogens with zero attached hydrogens (tertiary/aromatic N) is 1. The number of rotatable bonds is 4. The minimum atomic E-state index is -0.353. The molecule has 2 aromatic rings. The highest BCUT2D eigenvalue weighted by Gasteiger charge is 2.08. The molecule has 17 heavy (non-hydrogen) atoms. The number of aromatic nitrogens is 1. The number of nitrogens with one attached hydrogen (secondary N) is 1. The molecule has 0 bridgehead atoms. The van der Waals surface area contributed by atoms with E-state index in [1.54, 1.807) is 30.2 Å². The standard InChI is InChI=1S/C11H11N3O2S/c12-14-11(15)8-5-9(16-6-8)7-17-10-1-3-13-4-2-10/h1-6H,7,12H2,(H,14,15). The number of thioether (sulfide) groups is 1. The lowest BCUT2D eigenvalue weighted by molar-refractivity contribution is 0.0953. The first-order valence-corrected chi connectivity index (χ1v) is 5.89. The number of amides is 1. The van der Waals surface area contributed by atoms with Crippen molar-refractivity contribution in [2.45, 2.75) is 10.6 Å². The van der Waals surface area contributed by atoms with Crippen LogP contribution in [0, 0.1) is 0 Å². The van der Waals surface area contributed by atoms with Gasteiger partial charge in [-0.15, -0.1) is 11.8 Å². The Morgan fingerprint density at radius 3 is 2.94 bits per heavy atom. The molecule has 1 amide bonds. The fourth-order valence-corrected chi connectivity index (χ4v) is 2.02. The number of hydrazine groups is 1. The van der Waals surface area contributed by atoms with Crippen LogP contribution in [-0.2, 0) is 5.75 Å². The molecular weight excluding hydrogens is 238 g/mol. The molecule has 2 heterocycles. The van der Waals surface area contributed by atoms with E-state index >= 15 is 0 Å². The van der Waals surface area contributed by atoms with Gasteiger partial charge in [0.25, 0.3) is 5.91 Å². The molecule has 5 nitrogen and oxygen atoms in total. The summed E-state index contributed by atoms with van der Waals surface area (Å²) in [7, 11) is 0. The maximum atomic E-state index is 11.2. The summed E-state index contributed by atoms with van der Waals surface area (Å²) < 4.78 is 5.26. The SMILES string of the molecule is NNC(=O)c1coc(CSc2ccncc2)c1. The normalized spacial score (nSPS) is 10.2. The summed E-state index contributed by atoms with van der Waals surface area (Å²) in [6, 6.07) is 5.51. The van der Waals surface area contributed by atoms with Crippen LogP contribution in [0.2, 0.25) is 0 Å². The second kappa shape index (κ2) is 5.51. The Balaban J connectivity index is 1.96. The zero-order chi connectivity index (χ0) is 12.1. The fourth-order valence-electron chi connectivity index (χ4n) is 1.25. The van der Waals surface area contributed by atoms with Crippen molar-refractivity contribution in [1.29, 1.82) is 0 Å². The van der Waals surface area contributed by atoms with Crippen LogP contribution in [0.5, 0.6) is 0 Å². The second-order valence-corrected chi connectivity index (χ2v) is 4.30. The Hall–Kier alpha value is -1.79. The van der Waals surface area contributed by atoms with E-state index in [9.17, 15) is 4.79 Å². The van der Waals surface area contributed by atoms with E-state index in [2.05, 4.69) is 10.4 Å². The maximum Gasteiger partial charge on any atom is 0.268 e. The van der Waals surface area contributed by atoms with E-state index < -0.39 is 0 Å². The summed E-state index contributed by atoms with van der Waals surface area (Å²) >= 11 is 1.61. The van der Waals surface area contributed by atoms with Crippen molar-refractivity contribution in [3.05, 3.63) is 48.2 Å². The molecule has 88 valence electrons. The summed E-state index contributed by atoms with van der Waals surface area (Å²) in [4.78, 5) is 16.2. The van der Waals surface area contributed by atoms with Gasteiger partial charge in [-0.3, -0.25) is 15.2 Å². The van der Waals surface area contributed by atoms with Gasteiger partial charge in [0, 0.05) is 17.3 Å². The monoisotopic (exact) mass is 249 g/mol. The number of carbonyl (C=O) groups is 1. The third-order valence-corrected chi connectivity index (χ3v) is 3.11. The third kappa shape index (κ3) is 3.08. The van der Waals surface area contributed by atoms with E-state index in [0.29, 0.717) is 11.3 Å². The topological polar surface area (TPSA) is 81.1 Å². The molecule has 2 rings (SSSR count). The third-order valence-electron chi connectivity index (χ3n) is 2.08. The van der Waals surface area contributed by atoms with Crippen LogP contribution in [0.25, 0.3) is 0 Å². The van der Waals surface area contributed by atoms with Crippen LogP contribution < -0.4 is 11.3 Å². The van der Waals surface area contributed by atoms with Crippen LogP contribution in [0.3, 0.4) is 0 Å². The summed E-state index contributed by atoms with van der Waals surface area (Å²) in [5.41, 5.74) is 2.48. The molecule has 0 aliphatic carbocycles. The highest BCUT2D eigenvalue weighted by Crippen LogP contribution is 2.22. The van der Waals surface area contributed by atoms with Crippen LogP contribution in [0.15, 0.2) is 46.2 Å². The Kier molecular flexibility index (Phi) is 3.79. The first-order valence-electron chi connectivity index (χ1n) is 4.91. The lowest BCUT2D eigenvalue weighted by atomic mass is 10.3. The lowest BCUT2D eigenvalue weighted by Crippen LogP contribution is -2.29. The van der Waals surface area contributed by atoms with Gasteiger partial charge in [0.1, 0.15) is 12.0 Å². The first kappa shape index (κ1) is 11.7. The highest BCUT2D eigenvalue weighted by molar-refractivity contribution is 7.98. The van der Waals surface area contributed by atoms with E-state index in [4.69, 9.17) is 10.3 Å². The molecule has 0 unspecified atom stereocenters. The van der Waals surface area contributed by atoms with Crippen LogP contribution in [0.1, 0.15) is 16.1 Å². The number of nitrogen functional groups attached to an aromatic ring is 1. The molecule has 2 aromatic heterocycles. The Morgan fingerprint density at radius 1 is 1.47 bits per heavy atom. The van der Waals surface area contributed by atoms with Crippen molar-refractivity contribution in [3.63, 3.8) is 0 Å². The number of carbonyl (C=O) groups excluding carboxylic acids is 1. The smallest absolute Gasteiger partial charge is 0.268 e. The highest BCUT2D eigenvalue weighted by atomic mass is 32.2. The average Bonchev–Trinajstić information content (AvgIpc) is 2.85. The average molecular weight is 249 g/mol. The van der Waals surface area contributed by atoms with Crippen molar-refractivity contribution in [2.75, 3.05) is 0 Å². The fraction of sp³-hybridized carbons (Fsp3) is 0.0909. The van der Waals surface area contributed by atoms with Crippen LogP contribution in [0.4, 0.5) is 0 Å². The summed E-state index contributed by atoms with van der Waals surface area (Å²) in [5.74, 6) is 6.05. The van der Waals surface area contributed by atoms with Gasteiger partial charge in [-0.25, -0.2) is 5.84 Å². The van der Waals surface area contributed by atoms with Crippen molar-refractivity contribution in [1.82, 2.24) is 10.4 Å². The summed E-state index contributed by atoms with van der Waals surface area (Å²) in [6.07, 6.45) is 4.86. The zero-order valence-electron chi connectivity index (χ0n) is 8.92. The number of pyridine rings is 1. The summed E-state index contributed by atoms with van der Waals surface area (Å²) in [6.45, 7) is 0. The number of hydrogen-bond acceptors (Lipinski definition) is 5. The minimum Gasteiger partial charge on any atom is -0.468 e. The summed E-state index contributed by atoms with van der Waals surface area (Å²) in [5, 5.41) is 0. The van der Waals surface area contributed by atoms with Gasteiger partial charge in [-0.05, 0) is 18.2 Å². The number of furan rings is 1. The zero-order valence-corrected chi connectivity index (χ0v) is 9.74. The Bertz CT molecular complexity index is 498. The molecule has 0 fully saturated rings. The van der Waals surface area contributed by atoms with Gasteiger partial charge < -0.3 is 4.42 Å². The maximum absolute atomic E-state index is 11.2. The minimum absolute atomic E-state index is 0.353. The largest absolute Gasteiger partial charge is 0.468 e. The molecule has 0 aliphatic heterocycles. The molecule has 0 aliphatic rings. The lowest BCUT2D eigenvalue weighted by Gasteiger charge is -1.97. The van der Waals surface area contributed by atoms with Crippen molar-refractivity contribution >= 4 is 17.7 Å². The molecule has 0 spiro atoms. The van der Waals surface area contributed by atoms with Gasteiger partial charge >= 0.3 is 0 Å². The quantitative estimate of drug-likeness (QED) is 0.372. The molecular formula is C11H11N3O2S. The van der Waals surface area contributed by atoms with Gasteiger partial charge in [-0.1, -0.05) is 0 Å². The molecule has 0 saturated heterocycles. The number of hydrogen-bond donors (Lipinski definition) is 2. The van der Waals surface area contributed by atoms with E-state index in [1.165, 1.54) is 6.26 Å². The first-order chi connectivity index (χ1) is 8.29. The molecule has 0 saturated carbocycles. The van der Waals surface area contributed by atoms with Crippen LogP contribution >= 0.6 is 11.8 Å². The predicted molar refractivity (Wildman–Crippen MR) is 64.2 cm³/mol. The van der Waals surface area contributed by atoms with E-state index in [-0.39, 0.29) is 5.91 Å². The van der Waals surface area contributed by atoms with Crippen LogP contribution in [-0.4, -0.2) is 10.9 Å². The van der Waals surface area contributed by atoms with Gasteiger partial charge in [0.2, 0.25) is 0 Å². The van der Waals surface area contributed by atoms with Crippen molar-refractivity contribution in [3.8, 4) is 0 Å². The van der Waals surface area contributed by atoms with Crippen molar-refractivity contribution < 1.29 is 9.21 Å². The van der Waals surface area contributed by atoms with Crippen molar-refractivity contribution in [2.24, 2.45) is 5.84 Å². The molecule has 0 atom stereocenters. The van der Waals surface area contributed by atoms with Gasteiger partial charge in [-0.2, -0.15) is 0 Å². The molecule has 0 radical (unpaired) electrons. The van der Waals surface area contributed by atoms with E-state index in [1.807, 2.05) is 12.1 Å². The Labute approximate surface area is 102 Å².